The van der Waals surface area contributed by atoms with Gasteiger partial charge in [-0.25, -0.2) is 4.57 Å². The molecule has 7 heteroatoms. The molecule has 6 nitrogen and oxygen atoms in total. The monoisotopic (exact) mass is 392 g/mol. The Morgan fingerprint density at radius 3 is 2.27 bits per heavy atom. The molecule has 7 atom stereocenters. The Morgan fingerprint density at radius 1 is 1.12 bits per heavy atom. The molecule has 26 heavy (non-hydrogen) atoms. The number of hydrogen-bond donors (Lipinski definition) is 1. The molecular weight excluding hydrogens is 355 g/mol. The van der Waals surface area contributed by atoms with Gasteiger partial charge in [0, 0.05) is 6.42 Å². The van der Waals surface area contributed by atoms with E-state index < -0.39 is 13.9 Å². The van der Waals surface area contributed by atoms with Crippen molar-refractivity contribution in [3.8, 4) is 0 Å². The topological polar surface area (TPSA) is 74.2 Å². The number of ether oxygens (including phenoxy) is 2. The molecule has 2 heterocycles. The van der Waals surface area contributed by atoms with Crippen LogP contribution >= 0.6 is 7.82 Å². The highest BCUT2D eigenvalue weighted by Gasteiger charge is 2.43. The molecule has 0 aromatic heterocycles. The van der Waals surface area contributed by atoms with Crippen LogP contribution in [0.5, 0.6) is 0 Å². The zero-order valence-corrected chi connectivity index (χ0v) is 18.2. The summed E-state index contributed by atoms with van der Waals surface area (Å²) in [5.41, 5.74) is 0.0518. The minimum Gasteiger partial charge on any atom is -0.373 e. The van der Waals surface area contributed by atoms with Gasteiger partial charge in [-0.15, -0.1) is 0 Å². The van der Waals surface area contributed by atoms with E-state index in [-0.39, 0.29) is 42.4 Å². The first-order chi connectivity index (χ1) is 11.9. The summed E-state index contributed by atoms with van der Waals surface area (Å²) in [5.74, 6) is 0.706. The number of phosphoric ester groups is 1. The van der Waals surface area contributed by atoms with Crippen LogP contribution in [-0.4, -0.2) is 42.0 Å². The summed E-state index contributed by atoms with van der Waals surface area (Å²) in [6, 6.07) is 0. The van der Waals surface area contributed by atoms with Crippen molar-refractivity contribution in [3.63, 3.8) is 0 Å². The average molecular weight is 392 g/mol. The van der Waals surface area contributed by atoms with E-state index >= 15 is 0 Å². The van der Waals surface area contributed by atoms with Crippen molar-refractivity contribution in [2.24, 2.45) is 17.3 Å². The minimum absolute atomic E-state index is 0.0213. The summed E-state index contributed by atoms with van der Waals surface area (Å²) in [6.07, 6.45) is 1.71. The Bertz CT molecular complexity index is 503. The summed E-state index contributed by atoms with van der Waals surface area (Å²) in [4.78, 5) is 10.2. The molecule has 0 aromatic carbocycles. The second-order valence-corrected chi connectivity index (χ2v) is 10.9. The van der Waals surface area contributed by atoms with E-state index in [2.05, 4.69) is 34.6 Å². The highest BCUT2D eigenvalue weighted by Crippen LogP contribution is 2.49. The van der Waals surface area contributed by atoms with E-state index in [1.54, 1.807) is 0 Å². The summed E-state index contributed by atoms with van der Waals surface area (Å²) in [6.45, 7) is 14.7. The van der Waals surface area contributed by atoms with E-state index in [1.165, 1.54) is 0 Å². The van der Waals surface area contributed by atoms with E-state index in [4.69, 9.17) is 18.5 Å². The van der Waals surface area contributed by atoms with Crippen LogP contribution < -0.4 is 0 Å². The maximum Gasteiger partial charge on any atom is 0.472 e. The molecule has 2 fully saturated rings. The molecule has 1 N–H and O–H groups in total. The van der Waals surface area contributed by atoms with Gasteiger partial charge < -0.3 is 14.4 Å². The van der Waals surface area contributed by atoms with Gasteiger partial charge in [0.2, 0.25) is 0 Å². The molecule has 0 spiro atoms. The van der Waals surface area contributed by atoms with Gasteiger partial charge >= 0.3 is 7.82 Å². The Kier molecular flexibility index (Phi) is 7.37. The van der Waals surface area contributed by atoms with Gasteiger partial charge in [-0.1, -0.05) is 34.6 Å². The zero-order chi connectivity index (χ0) is 19.7. The average Bonchev–Trinajstić information content (AvgIpc) is 2.98. The predicted octanol–water partition coefficient (Wildman–Crippen LogP) is 4.55. The van der Waals surface area contributed by atoms with E-state index in [0.29, 0.717) is 12.3 Å². The zero-order valence-electron chi connectivity index (χ0n) is 17.3. The van der Waals surface area contributed by atoms with Crippen molar-refractivity contribution in [1.29, 1.82) is 0 Å². The Morgan fingerprint density at radius 2 is 1.69 bits per heavy atom. The molecule has 2 saturated heterocycles. The summed E-state index contributed by atoms with van der Waals surface area (Å²) >= 11 is 0. The molecule has 0 saturated carbocycles. The third-order valence-corrected chi connectivity index (χ3v) is 6.33. The van der Waals surface area contributed by atoms with Crippen molar-refractivity contribution in [1.82, 2.24) is 0 Å². The van der Waals surface area contributed by atoms with Gasteiger partial charge in [0.25, 0.3) is 0 Å². The fourth-order valence-corrected chi connectivity index (χ4v) is 5.06. The first-order valence-electron chi connectivity index (χ1n) is 9.84. The number of rotatable bonds is 7. The molecule has 0 bridgehead atoms. The second kappa shape index (κ2) is 8.59. The van der Waals surface area contributed by atoms with Crippen molar-refractivity contribution >= 4 is 7.82 Å². The Balaban J connectivity index is 1.92. The van der Waals surface area contributed by atoms with Crippen LogP contribution in [0.25, 0.3) is 0 Å². The van der Waals surface area contributed by atoms with Crippen molar-refractivity contribution < 1.29 is 28.0 Å². The van der Waals surface area contributed by atoms with Crippen LogP contribution in [0.3, 0.4) is 0 Å². The number of phosphoric acid groups is 1. The molecule has 3 unspecified atom stereocenters. The normalized spacial score (nSPS) is 38.0. The third kappa shape index (κ3) is 6.29. The summed E-state index contributed by atoms with van der Waals surface area (Å²) in [7, 11) is -4.16. The highest BCUT2D eigenvalue weighted by molar-refractivity contribution is 7.47. The molecule has 2 aliphatic rings. The molecule has 0 radical (unpaired) electrons. The van der Waals surface area contributed by atoms with Crippen molar-refractivity contribution in [3.05, 3.63) is 0 Å². The van der Waals surface area contributed by atoms with Gasteiger partial charge in [-0.05, 0) is 43.9 Å². The largest absolute Gasteiger partial charge is 0.472 e. The van der Waals surface area contributed by atoms with E-state index in [9.17, 15) is 9.46 Å². The van der Waals surface area contributed by atoms with Crippen molar-refractivity contribution in [2.75, 3.05) is 6.61 Å². The summed E-state index contributed by atoms with van der Waals surface area (Å²) < 4.78 is 35.1. The molecular formula is C19H37O6P. The lowest BCUT2D eigenvalue weighted by atomic mass is 9.76. The molecule has 0 aliphatic carbocycles. The SMILES string of the molecule is CC(C)C[C@H]1O[C@@H](C)CC1OP(=O)(O)OC[C@H]1O[C@@H](C)CC1C(C)(C)C. The molecule has 2 aliphatic heterocycles. The lowest BCUT2D eigenvalue weighted by Crippen LogP contribution is -2.32. The fourth-order valence-electron chi connectivity index (χ4n) is 4.10. The van der Waals surface area contributed by atoms with Crippen LogP contribution in [-0.2, 0) is 23.1 Å². The first kappa shape index (κ1) is 22.3. The maximum atomic E-state index is 12.5. The van der Waals surface area contributed by atoms with E-state index in [1.807, 2.05) is 13.8 Å². The molecule has 2 rings (SSSR count). The van der Waals surface area contributed by atoms with Gasteiger partial charge in [-0.3, -0.25) is 9.05 Å². The van der Waals surface area contributed by atoms with Gasteiger partial charge in [0.1, 0.15) is 0 Å². The smallest absolute Gasteiger partial charge is 0.373 e. The Hall–Kier alpha value is 0.0300. The van der Waals surface area contributed by atoms with Crippen LogP contribution in [0.1, 0.15) is 67.7 Å². The molecule has 0 aromatic rings. The Labute approximate surface area is 158 Å². The number of hydrogen-bond acceptors (Lipinski definition) is 5. The van der Waals surface area contributed by atoms with Gasteiger partial charge in [0.15, 0.2) is 0 Å². The highest BCUT2D eigenvalue weighted by atomic mass is 31.2. The van der Waals surface area contributed by atoms with Gasteiger partial charge in [-0.2, -0.15) is 0 Å². The van der Waals surface area contributed by atoms with Crippen LogP contribution in [0.15, 0.2) is 0 Å². The van der Waals surface area contributed by atoms with E-state index in [0.717, 1.165) is 12.8 Å². The lowest BCUT2D eigenvalue weighted by Gasteiger charge is -2.31. The second-order valence-electron chi connectivity index (χ2n) is 9.45. The quantitative estimate of drug-likeness (QED) is 0.641. The fraction of sp³-hybridized carbons (Fsp3) is 1.00. The maximum absolute atomic E-state index is 12.5. The van der Waals surface area contributed by atoms with Crippen LogP contribution in [0, 0.1) is 17.3 Å². The lowest BCUT2D eigenvalue weighted by molar-refractivity contribution is -0.0247. The minimum atomic E-state index is -4.16. The summed E-state index contributed by atoms with van der Waals surface area (Å²) in [5, 5.41) is 0. The van der Waals surface area contributed by atoms with Crippen LogP contribution in [0.4, 0.5) is 0 Å². The predicted molar refractivity (Wildman–Crippen MR) is 101 cm³/mol. The molecule has 0 amide bonds. The van der Waals surface area contributed by atoms with Crippen LogP contribution in [0.2, 0.25) is 0 Å². The first-order valence-corrected chi connectivity index (χ1v) is 11.3. The van der Waals surface area contributed by atoms with Gasteiger partial charge in [0.05, 0.1) is 37.1 Å². The van der Waals surface area contributed by atoms with Crippen molar-refractivity contribution in [2.45, 2.75) is 98.2 Å². The standard InChI is InChI=1S/C19H37O6P/c1-12(2)8-16-17(10-14(4)23-16)25-26(20,21)22-11-18-15(19(5,6)7)9-13(3)24-18/h12-18H,8-11H2,1-7H3,(H,20,21)/t13-,14-,15?,16+,17?,18+/m0/s1. The molecule has 154 valence electrons. The third-order valence-electron chi connectivity index (χ3n) is 5.31.